The maximum absolute atomic E-state index is 9.02. The number of nitrogens with two attached hydrogens (primary N) is 1. The van der Waals surface area contributed by atoms with Crippen molar-refractivity contribution in [2.75, 3.05) is 31.1 Å². The molecular weight excluding hydrogens is 198 g/mol. The minimum Gasteiger partial charge on any atom is -0.394 e. The average Bonchev–Trinajstić information content (AvgIpc) is 2.29. The summed E-state index contributed by atoms with van der Waals surface area (Å²) in [7, 11) is 1.57. The third-order valence-corrected chi connectivity index (χ3v) is 1.76. The van der Waals surface area contributed by atoms with Crippen LogP contribution in [0.3, 0.4) is 0 Å². The molecule has 7 heteroatoms. The molecule has 15 heavy (non-hydrogen) atoms. The molecule has 1 aromatic rings. The molecule has 1 aromatic heterocycles. The minimum absolute atomic E-state index is 0.0385. The van der Waals surface area contributed by atoms with Gasteiger partial charge in [-0.3, -0.25) is 0 Å². The molecule has 0 bridgehead atoms. The molecule has 1 unspecified atom stereocenters. The van der Waals surface area contributed by atoms with Crippen LogP contribution in [0.2, 0.25) is 0 Å². The van der Waals surface area contributed by atoms with Crippen LogP contribution in [0.4, 0.5) is 11.6 Å². The largest absolute Gasteiger partial charge is 0.394 e. The molecule has 0 fully saturated rings. The Balaban J connectivity index is 2.61. The maximum atomic E-state index is 9.02. The Morgan fingerprint density at radius 1 is 1.53 bits per heavy atom. The maximum Gasteiger partial charge on any atom is 0.145 e. The van der Waals surface area contributed by atoms with E-state index in [9.17, 15) is 0 Å². The number of aliphatic hydroxyl groups excluding tert-OH is 1. The first-order chi connectivity index (χ1) is 7.30. The number of hydrazine groups is 1. The quantitative estimate of drug-likeness (QED) is 0.361. The van der Waals surface area contributed by atoms with Crippen molar-refractivity contribution >= 4 is 11.6 Å². The van der Waals surface area contributed by atoms with E-state index < -0.39 is 0 Å². The van der Waals surface area contributed by atoms with E-state index in [2.05, 4.69) is 20.7 Å². The molecule has 7 nitrogen and oxygen atoms in total. The Hall–Kier alpha value is -1.44. The number of nitrogens with zero attached hydrogens (tertiary/aromatic N) is 2. The standard InChI is InChI=1S/C8H15N5O2/c1-15-4-6(3-14)12-7-2-8(13-9)11-5-10-7/h2,5-6,14H,3-4,9H2,1H3,(H2,10,11,12,13). The number of ether oxygens (including phenoxy) is 1. The molecule has 5 N–H and O–H groups in total. The molecule has 0 aliphatic rings. The summed E-state index contributed by atoms with van der Waals surface area (Å²) in [5.41, 5.74) is 2.41. The van der Waals surface area contributed by atoms with Gasteiger partial charge in [-0.05, 0) is 0 Å². The van der Waals surface area contributed by atoms with Gasteiger partial charge in [0.25, 0.3) is 0 Å². The van der Waals surface area contributed by atoms with Crippen molar-refractivity contribution in [2.45, 2.75) is 6.04 Å². The van der Waals surface area contributed by atoms with Crippen LogP contribution in [0.5, 0.6) is 0 Å². The highest BCUT2D eigenvalue weighted by molar-refractivity contribution is 5.46. The SMILES string of the molecule is COCC(CO)Nc1cc(NN)ncn1. The van der Waals surface area contributed by atoms with E-state index in [0.717, 1.165) is 0 Å². The molecule has 0 aliphatic carbocycles. The highest BCUT2D eigenvalue weighted by atomic mass is 16.5. The van der Waals surface area contributed by atoms with E-state index in [1.165, 1.54) is 6.33 Å². The first-order valence-corrected chi connectivity index (χ1v) is 4.45. The lowest BCUT2D eigenvalue weighted by Crippen LogP contribution is -2.29. The summed E-state index contributed by atoms with van der Waals surface area (Å²) in [5.74, 6) is 6.28. The number of aromatic nitrogens is 2. The van der Waals surface area contributed by atoms with Crippen LogP contribution in [0.15, 0.2) is 12.4 Å². The van der Waals surface area contributed by atoms with Crippen molar-refractivity contribution in [3.8, 4) is 0 Å². The first kappa shape index (κ1) is 11.6. The molecule has 0 spiro atoms. The highest BCUT2D eigenvalue weighted by Gasteiger charge is 2.07. The Morgan fingerprint density at radius 2 is 2.27 bits per heavy atom. The van der Waals surface area contributed by atoms with Gasteiger partial charge in [0.05, 0.1) is 19.3 Å². The van der Waals surface area contributed by atoms with Gasteiger partial charge in [0.2, 0.25) is 0 Å². The van der Waals surface area contributed by atoms with Crippen molar-refractivity contribution in [3.63, 3.8) is 0 Å². The predicted octanol–water partition coefficient (Wildman–Crippen LogP) is -0.819. The number of hydrogen-bond acceptors (Lipinski definition) is 7. The molecule has 1 heterocycles. The number of rotatable bonds is 6. The normalized spacial score (nSPS) is 12.2. The summed E-state index contributed by atoms with van der Waals surface area (Å²) < 4.78 is 4.92. The molecule has 84 valence electrons. The van der Waals surface area contributed by atoms with Crippen molar-refractivity contribution in [1.29, 1.82) is 0 Å². The Morgan fingerprint density at radius 3 is 2.87 bits per heavy atom. The third kappa shape index (κ3) is 3.66. The van der Waals surface area contributed by atoms with Crippen molar-refractivity contribution < 1.29 is 9.84 Å². The summed E-state index contributed by atoms with van der Waals surface area (Å²) >= 11 is 0. The second-order valence-corrected chi connectivity index (χ2v) is 2.91. The molecule has 0 saturated carbocycles. The van der Waals surface area contributed by atoms with Crippen LogP contribution < -0.4 is 16.6 Å². The Kier molecular flexibility index (Phi) is 4.75. The summed E-state index contributed by atoms with van der Waals surface area (Å²) in [6, 6.07) is 1.44. The number of nitrogen functional groups attached to an aromatic ring is 1. The molecule has 0 amide bonds. The van der Waals surface area contributed by atoms with E-state index >= 15 is 0 Å². The lowest BCUT2D eigenvalue weighted by Gasteiger charge is -2.15. The number of anilines is 2. The fourth-order valence-corrected chi connectivity index (χ4v) is 1.07. The average molecular weight is 213 g/mol. The van der Waals surface area contributed by atoms with Gasteiger partial charge >= 0.3 is 0 Å². The van der Waals surface area contributed by atoms with Crippen molar-refractivity contribution in [3.05, 3.63) is 12.4 Å². The van der Waals surface area contributed by atoms with E-state index in [1.807, 2.05) is 0 Å². The molecule has 0 aliphatic heterocycles. The van der Waals surface area contributed by atoms with E-state index in [-0.39, 0.29) is 12.6 Å². The fraction of sp³-hybridized carbons (Fsp3) is 0.500. The number of aliphatic hydroxyl groups is 1. The fourth-order valence-electron chi connectivity index (χ4n) is 1.07. The van der Waals surface area contributed by atoms with Crippen LogP contribution in [0.1, 0.15) is 0 Å². The third-order valence-electron chi connectivity index (χ3n) is 1.76. The summed E-state index contributed by atoms with van der Waals surface area (Å²) in [6.07, 6.45) is 1.37. The van der Waals surface area contributed by atoms with Crippen molar-refractivity contribution in [2.24, 2.45) is 5.84 Å². The van der Waals surface area contributed by atoms with Crippen LogP contribution in [-0.4, -0.2) is 41.4 Å². The topological polar surface area (TPSA) is 105 Å². The second-order valence-electron chi connectivity index (χ2n) is 2.91. The molecular formula is C8H15N5O2. The number of hydrogen-bond donors (Lipinski definition) is 4. The summed E-state index contributed by atoms with van der Waals surface area (Å²) in [5, 5.41) is 12.0. The van der Waals surface area contributed by atoms with Gasteiger partial charge in [-0.2, -0.15) is 0 Å². The van der Waals surface area contributed by atoms with Crippen LogP contribution in [0.25, 0.3) is 0 Å². The smallest absolute Gasteiger partial charge is 0.145 e. The van der Waals surface area contributed by atoms with Crippen LogP contribution >= 0.6 is 0 Å². The van der Waals surface area contributed by atoms with Gasteiger partial charge in [0.1, 0.15) is 18.0 Å². The van der Waals surface area contributed by atoms with Crippen molar-refractivity contribution in [1.82, 2.24) is 9.97 Å². The minimum atomic E-state index is -0.199. The zero-order chi connectivity index (χ0) is 11.1. The second kappa shape index (κ2) is 6.12. The molecule has 1 atom stereocenters. The summed E-state index contributed by atoms with van der Waals surface area (Å²) in [4.78, 5) is 7.83. The Labute approximate surface area is 87.6 Å². The predicted molar refractivity (Wildman–Crippen MR) is 56.2 cm³/mol. The van der Waals surface area contributed by atoms with Crippen LogP contribution in [-0.2, 0) is 4.74 Å². The van der Waals surface area contributed by atoms with Gasteiger partial charge in [0.15, 0.2) is 0 Å². The summed E-state index contributed by atoms with van der Waals surface area (Å²) in [6.45, 7) is 0.356. The van der Waals surface area contributed by atoms with E-state index in [4.69, 9.17) is 15.7 Å². The highest BCUT2D eigenvalue weighted by Crippen LogP contribution is 2.08. The van der Waals surface area contributed by atoms with Gasteiger partial charge < -0.3 is 20.6 Å². The van der Waals surface area contributed by atoms with Gasteiger partial charge in [-0.25, -0.2) is 15.8 Å². The lowest BCUT2D eigenvalue weighted by molar-refractivity contribution is 0.153. The Bertz CT molecular complexity index is 296. The zero-order valence-corrected chi connectivity index (χ0v) is 8.47. The molecule has 1 rings (SSSR count). The van der Waals surface area contributed by atoms with Gasteiger partial charge in [-0.1, -0.05) is 0 Å². The number of methoxy groups -OCH3 is 1. The van der Waals surface area contributed by atoms with Gasteiger partial charge in [0, 0.05) is 13.2 Å². The van der Waals surface area contributed by atoms with E-state index in [1.54, 1.807) is 13.2 Å². The monoisotopic (exact) mass is 213 g/mol. The first-order valence-electron chi connectivity index (χ1n) is 4.45. The van der Waals surface area contributed by atoms with Gasteiger partial charge in [-0.15, -0.1) is 0 Å². The molecule has 0 saturated heterocycles. The van der Waals surface area contributed by atoms with Crippen LogP contribution in [0, 0.1) is 0 Å². The zero-order valence-electron chi connectivity index (χ0n) is 8.47. The van der Waals surface area contributed by atoms with E-state index in [0.29, 0.717) is 18.2 Å². The molecule has 0 radical (unpaired) electrons. The molecule has 0 aromatic carbocycles. The number of nitrogens with one attached hydrogen (secondary N) is 2. The lowest BCUT2D eigenvalue weighted by atomic mass is 10.3.